The molecule has 0 aromatic heterocycles. The van der Waals surface area contributed by atoms with E-state index in [1.807, 2.05) is 0 Å². The van der Waals surface area contributed by atoms with E-state index < -0.39 is 97.5 Å². The van der Waals surface area contributed by atoms with Gasteiger partial charge in [-0.25, -0.2) is 9.13 Å². The predicted molar refractivity (Wildman–Crippen MR) is 399 cm³/mol. The van der Waals surface area contributed by atoms with E-state index in [1.54, 1.807) is 0 Å². The molecule has 0 spiro atoms. The van der Waals surface area contributed by atoms with Crippen LogP contribution in [0.5, 0.6) is 0 Å². The van der Waals surface area contributed by atoms with Crippen molar-refractivity contribution in [3.05, 3.63) is 97.2 Å². The Labute approximate surface area is 595 Å². The molecule has 19 heteroatoms. The Hall–Kier alpha value is -4.02. The lowest BCUT2D eigenvalue weighted by Gasteiger charge is -2.21. The van der Waals surface area contributed by atoms with Crippen molar-refractivity contribution in [1.82, 2.24) is 0 Å². The van der Waals surface area contributed by atoms with E-state index in [0.29, 0.717) is 25.7 Å². The molecule has 0 fully saturated rings. The minimum atomic E-state index is -4.98. The maximum Gasteiger partial charge on any atom is 0.472 e. The first-order valence-electron chi connectivity index (χ1n) is 38.5. The summed E-state index contributed by atoms with van der Waals surface area (Å²) in [7, 11) is -9.95. The lowest BCUT2D eigenvalue weighted by Crippen LogP contribution is -2.30. The van der Waals surface area contributed by atoms with Gasteiger partial charge < -0.3 is 33.8 Å². The van der Waals surface area contributed by atoms with Crippen molar-refractivity contribution in [2.75, 3.05) is 39.6 Å². The smallest absolute Gasteiger partial charge is 0.462 e. The van der Waals surface area contributed by atoms with Crippen LogP contribution in [0, 0.1) is 0 Å². The minimum absolute atomic E-state index is 0.0723. The predicted octanol–water partition coefficient (Wildman–Crippen LogP) is 22.0. The zero-order valence-electron chi connectivity index (χ0n) is 61.7. The highest BCUT2D eigenvalue weighted by atomic mass is 31.2. The van der Waals surface area contributed by atoms with Crippen LogP contribution in [0.1, 0.15) is 323 Å². The highest BCUT2D eigenvalue weighted by molar-refractivity contribution is 7.47. The number of carbonyl (C=O) groups excluding carboxylic acids is 4. The molecule has 0 bridgehead atoms. The third-order valence-electron chi connectivity index (χ3n) is 16.0. The van der Waals surface area contributed by atoms with Crippen molar-refractivity contribution in [2.24, 2.45) is 0 Å². The quantitative estimate of drug-likeness (QED) is 0.0169. The van der Waals surface area contributed by atoms with E-state index in [1.165, 1.54) is 57.8 Å². The number of rotatable bonds is 72. The average Bonchev–Trinajstić information content (AvgIpc) is 1.06. The summed E-state index contributed by atoms with van der Waals surface area (Å²) in [5, 5.41) is 10.6. The van der Waals surface area contributed by atoms with Crippen LogP contribution in [0.4, 0.5) is 0 Å². The molecule has 566 valence electrons. The number of aliphatic hydroxyl groups excluding tert-OH is 1. The molecule has 0 saturated heterocycles. The van der Waals surface area contributed by atoms with Gasteiger partial charge in [0.25, 0.3) is 0 Å². The average molecular weight is 1420 g/mol. The largest absolute Gasteiger partial charge is 0.472 e. The molecule has 0 aliphatic heterocycles. The number of esters is 4. The number of ether oxygens (including phenoxy) is 4. The van der Waals surface area contributed by atoms with E-state index in [2.05, 4.69) is 125 Å². The first kappa shape index (κ1) is 94.0. The molecule has 0 heterocycles. The SMILES string of the molecule is CC/C=C\C/C=C\C/C=C\CCCCCCCC(=O)OC(COC(=O)CCCCCCCC/C=C\C/C=C\C/C=C\CCCCC)COP(=O)(O)OCC(O)COP(=O)(O)OCC(COC(=O)CCCCCCC/C=C\C/C=C\CCC)OC(=O)CCCCCCCCCCCCC. The molecule has 3 N–H and O–H groups in total. The fourth-order valence-electron chi connectivity index (χ4n) is 10.2. The van der Waals surface area contributed by atoms with Gasteiger partial charge in [-0.2, -0.15) is 0 Å². The number of hydrogen-bond acceptors (Lipinski definition) is 15. The second-order valence-corrected chi connectivity index (χ2v) is 28.5. The van der Waals surface area contributed by atoms with Gasteiger partial charge in [-0.05, 0) is 122 Å². The molecule has 0 aliphatic rings. The van der Waals surface area contributed by atoms with Gasteiger partial charge in [0.15, 0.2) is 12.2 Å². The van der Waals surface area contributed by atoms with Crippen LogP contribution in [0.2, 0.25) is 0 Å². The van der Waals surface area contributed by atoms with Crippen LogP contribution in [0.25, 0.3) is 0 Å². The Morgan fingerprint density at radius 3 is 0.878 bits per heavy atom. The summed E-state index contributed by atoms with van der Waals surface area (Å²) in [4.78, 5) is 72.8. The van der Waals surface area contributed by atoms with Crippen molar-refractivity contribution in [3.63, 3.8) is 0 Å². The molecular formula is C79H138O17P2. The summed E-state index contributed by atoms with van der Waals surface area (Å²) in [6, 6.07) is 0. The van der Waals surface area contributed by atoms with Crippen molar-refractivity contribution in [3.8, 4) is 0 Å². The molecule has 0 rings (SSSR count). The van der Waals surface area contributed by atoms with Crippen molar-refractivity contribution >= 4 is 39.5 Å². The third kappa shape index (κ3) is 70.4. The van der Waals surface area contributed by atoms with E-state index in [0.717, 1.165) is 186 Å². The van der Waals surface area contributed by atoms with E-state index >= 15 is 0 Å². The van der Waals surface area contributed by atoms with Gasteiger partial charge in [0, 0.05) is 25.7 Å². The Morgan fingerprint density at radius 2 is 0.551 bits per heavy atom. The lowest BCUT2D eigenvalue weighted by molar-refractivity contribution is -0.161. The van der Waals surface area contributed by atoms with Crippen LogP contribution < -0.4 is 0 Å². The molecule has 98 heavy (non-hydrogen) atoms. The van der Waals surface area contributed by atoms with E-state index in [9.17, 15) is 43.2 Å². The first-order valence-corrected chi connectivity index (χ1v) is 41.5. The second-order valence-electron chi connectivity index (χ2n) is 25.6. The summed E-state index contributed by atoms with van der Waals surface area (Å²) in [6.45, 7) is 4.63. The number of carbonyl (C=O) groups is 4. The van der Waals surface area contributed by atoms with Crippen LogP contribution >= 0.6 is 15.6 Å². The molecule has 0 saturated carbocycles. The van der Waals surface area contributed by atoms with Gasteiger partial charge in [-0.3, -0.25) is 37.3 Å². The Bertz CT molecular complexity index is 2240. The molecule has 5 atom stereocenters. The monoisotopic (exact) mass is 1420 g/mol. The minimum Gasteiger partial charge on any atom is -0.462 e. The maximum absolute atomic E-state index is 13.1. The third-order valence-corrected chi connectivity index (χ3v) is 17.9. The summed E-state index contributed by atoms with van der Waals surface area (Å²) >= 11 is 0. The number of unbranched alkanes of at least 4 members (excludes halogenated alkanes) is 30. The van der Waals surface area contributed by atoms with Crippen molar-refractivity contribution in [2.45, 2.75) is 341 Å². The number of hydrogen-bond donors (Lipinski definition) is 3. The van der Waals surface area contributed by atoms with E-state index in [4.69, 9.17) is 37.0 Å². The molecule has 0 aliphatic carbocycles. The highest BCUT2D eigenvalue weighted by Gasteiger charge is 2.30. The normalized spacial score (nSPS) is 14.5. The van der Waals surface area contributed by atoms with Crippen molar-refractivity contribution < 1.29 is 80.2 Å². The molecule has 0 amide bonds. The zero-order valence-corrected chi connectivity index (χ0v) is 63.5. The maximum atomic E-state index is 13.1. The Kier molecular flexibility index (Phi) is 68.4. The summed E-state index contributed by atoms with van der Waals surface area (Å²) in [5.41, 5.74) is 0. The second kappa shape index (κ2) is 71.4. The topological polar surface area (TPSA) is 237 Å². The molecule has 0 aromatic carbocycles. The Morgan fingerprint density at radius 1 is 0.296 bits per heavy atom. The van der Waals surface area contributed by atoms with E-state index in [-0.39, 0.29) is 25.7 Å². The lowest BCUT2D eigenvalue weighted by atomic mass is 10.1. The number of phosphoric acid groups is 2. The van der Waals surface area contributed by atoms with Gasteiger partial charge in [0.1, 0.15) is 19.3 Å². The summed E-state index contributed by atoms with van der Waals surface area (Å²) in [6.07, 6.45) is 74.0. The zero-order chi connectivity index (χ0) is 71.8. The highest BCUT2D eigenvalue weighted by Crippen LogP contribution is 2.45. The van der Waals surface area contributed by atoms with Gasteiger partial charge in [0.05, 0.1) is 26.4 Å². The Balaban J connectivity index is 5.34. The first-order chi connectivity index (χ1) is 47.7. The van der Waals surface area contributed by atoms with Gasteiger partial charge in [-0.1, -0.05) is 273 Å². The molecule has 0 aromatic rings. The van der Waals surface area contributed by atoms with Crippen LogP contribution in [0.15, 0.2) is 97.2 Å². The fraction of sp³-hybridized carbons (Fsp3) is 0.747. The molecule has 17 nitrogen and oxygen atoms in total. The summed E-state index contributed by atoms with van der Waals surface area (Å²) < 4.78 is 68.4. The van der Waals surface area contributed by atoms with Gasteiger partial charge in [0.2, 0.25) is 0 Å². The molecule has 0 radical (unpaired) electrons. The van der Waals surface area contributed by atoms with Gasteiger partial charge >= 0.3 is 39.5 Å². The van der Waals surface area contributed by atoms with Crippen molar-refractivity contribution in [1.29, 1.82) is 0 Å². The molecular weight excluding hydrogens is 1280 g/mol. The van der Waals surface area contributed by atoms with Crippen LogP contribution in [-0.2, 0) is 65.4 Å². The standard InChI is InChI=1S/C79H138O17P2/c1-5-9-13-17-21-25-29-32-34-35-36-37-39-41-45-48-52-56-60-64-77(82)90-70-75(96-79(84)66-62-58-54-50-46-42-38-33-30-26-22-18-14-10-6-2)72-94-98(87,88)92-68-73(80)67-91-97(85,86)93-71-74(95-78(83)65-61-57-53-49-43-28-24-20-16-12-8-4)69-89-76(81)63-59-55-51-47-44-40-31-27-23-19-15-11-7-3/h10,14-15,19,21-22,25-27,31-34,36-38,73-75,80H,5-9,11-13,16-18,20,23-24,28-30,35,39-72H2,1-4H3,(H,85,86)(H,87,88)/b14-10-,19-15-,25-21-,26-22-,31-27-,34-32-,37-36-,38-33-. The van der Waals surface area contributed by atoms with Crippen LogP contribution in [-0.4, -0.2) is 96.7 Å². The summed E-state index contributed by atoms with van der Waals surface area (Å²) in [5.74, 6) is -2.21. The number of allylic oxidation sites excluding steroid dienone is 16. The fourth-order valence-corrected chi connectivity index (χ4v) is 11.7. The molecule has 5 unspecified atom stereocenters. The van der Waals surface area contributed by atoms with Gasteiger partial charge in [-0.15, -0.1) is 0 Å². The van der Waals surface area contributed by atoms with Crippen LogP contribution in [0.3, 0.4) is 0 Å². The number of aliphatic hydroxyl groups is 1. The number of phosphoric ester groups is 2.